The van der Waals surface area contributed by atoms with Crippen LogP contribution in [0.15, 0.2) is 30.3 Å². The van der Waals surface area contributed by atoms with Crippen LogP contribution in [0.4, 0.5) is 0 Å². The van der Waals surface area contributed by atoms with Crippen molar-refractivity contribution >= 4 is 27.8 Å². The number of carbonyl (C=O) groups is 2. The molecular weight excluding hydrogens is 302 g/mol. The van der Waals surface area contributed by atoms with Crippen LogP contribution in [0.5, 0.6) is 0 Å². The number of halogens is 1. The van der Waals surface area contributed by atoms with Gasteiger partial charge in [-0.05, 0) is 5.56 Å². The first-order valence-electron chi connectivity index (χ1n) is 5.23. The molecule has 0 saturated heterocycles. The lowest BCUT2D eigenvalue weighted by Crippen LogP contribution is -2.57. The van der Waals surface area contributed by atoms with Gasteiger partial charge in [-0.25, -0.2) is 4.79 Å². The molecule has 0 aliphatic carbocycles. The fraction of sp³-hybridized carbons (Fsp3) is 0.333. The van der Waals surface area contributed by atoms with Crippen LogP contribution in [0.1, 0.15) is 5.56 Å². The second kappa shape index (κ2) is 6.51. The first-order chi connectivity index (χ1) is 8.54. The highest BCUT2D eigenvalue weighted by Gasteiger charge is 2.39. The van der Waals surface area contributed by atoms with Crippen molar-refractivity contribution in [3.05, 3.63) is 35.9 Å². The topological polar surface area (TPSA) is 75.6 Å². The minimum absolute atomic E-state index is 0.0354. The Morgan fingerprint density at radius 3 is 2.44 bits per heavy atom. The van der Waals surface area contributed by atoms with Crippen LogP contribution in [0, 0.1) is 0 Å². The molecule has 0 fully saturated rings. The number of carboxylic acid groups (broad SMARTS) is 1. The SMILES string of the molecule is CO[C@@](CBr)(NC(=O)Cc1ccccc1)C(=O)O. The lowest BCUT2D eigenvalue weighted by molar-refractivity contribution is -0.166. The Morgan fingerprint density at radius 2 is 2.00 bits per heavy atom. The van der Waals surface area contributed by atoms with Crippen molar-refractivity contribution < 1.29 is 19.4 Å². The molecule has 1 aromatic rings. The van der Waals surface area contributed by atoms with E-state index in [0.717, 1.165) is 5.56 Å². The van der Waals surface area contributed by atoms with E-state index in [1.54, 1.807) is 12.1 Å². The van der Waals surface area contributed by atoms with Gasteiger partial charge in [-0.3, -0.25) is 4.79 Å². The highest BCUT2D eigenvalue weighted by atomic mass is 79.9. The Morgan fingerprint density at radius 1 is 1.39 bits per heavy atom. The summed E-state index contributed by atoms with van der Waals surface area (Å²) >= 11 is 3.03. The number of carboxylic acids is 1. The number of hydrogen-bond acceptors (Lipinski definition) is 3. The molecule has 1 aromatic carbocycles. The maximum absolute atomic E-state index is 11.8. The molecule has 0 aromatic heterocycles. The summed E-state index contributed by atoms with van der Waals surface area (Å²) in [4.78, 5) is 22.9. The molecule has 1 amide bonds. The first kappa shape index (κ1) is 14.7. The summed E-state index contributed by atoms with van der Waals surface area (Å²) < 4.78 is 4.88. The number of alkyl halides is 1. The molecule has 18 heavy (non-hydrogen) atoms. The predicted octanol–water partition coefficient (Wildman–Crippen LogP) is 1.17. The molecule has 98 valence electrons. The van der Waals surface area contributed by atoms with Gasteiger partial charge in [0, 0.05) is 7.11 Å². The Labute approximate surface area is 113 Å². The number of benzene rings is 1. The maximum Gasteiger partial charge on any atom is 0.358 e. The second-order valence-electron chi connectivity index (χ2n) is 3.68. The number of ether oxygens (including phenoxy) is 1. The Bertz CT molecular complexity index is 417. The van der Waals surface area contributed by atoms with E-state index in [-0.39, 0.29) is 11.8 Å². The molecule has 0 aliphatic rings. The molecular formula is C12H14BrNO4. The summed E-state index contributed by atoms with van der Waals surface area (Å²) in [5, 5.41) is 11.4. The normalized spacial score (nSPS) is 13.7. The van der Waals surface area contributed by atoms with Crippen molar-refractivity contribution in [3.8, 4) is 0 Å². The molecule has 0 saturated carbocycles. The van der Waals surface area contributed by atoms with E-state index in [0.29, 0.717) is 0 Å². The number of carbonyl (C=O) groups excluding carboxylic acids is 1. The average Bonchev–Trinajstić information content (AvgIpc) is 2.37. The highest BCUT2D eigenvalue weighted by Crippen LogP contribution is 2.11. The van der Waals surface area contributed by atoms with Crippen LogP contribution in [0.2, 0.25) is 0 Å². The van der Waals surface area contributed by atoms with E-state index in [1.165, 1.54) is 7.11 Å². The summed E-state index contributed by atoms with van der Waals surface area (Å²) in [7, 11) is 1.23. The van der Waals surface area contributed by atoms with Gasteiger partial charge in [0.05, 0.1) is 11.8 Å². The zero-order valence-corrected chi connectivity index (χ0v) is 11.4. The van der Waals surface area contributed by atoms with Gasteiger partial charge in [-0.15, -0.1) is 0 Å². The third kappa shape index (κ3) is 3.54. The van der Waals surface area contributed by atoms with Gasteiger partial charge in [-0.2, -0.15) is 0 Å². The molecule has 1 rings (SSSR count). The predicted molar refractivity (Wildman–Crippen MR) is 69.5 cm³/mol. The maximum atomic E-state index is 11.8. The fourth-order valence-electron chi connectivity index (χ4n) is 1.39. The molecule has 1 atom stereocenters. The molecule has 5 nitrogen and oxygen atoms in total. The molecule has 2 N–H and O–H groups in total. The number of hydrogen-bond donors (Lipinski definition) is 2. The van der Waals surface area contributed by atoms with Crippen LogP contribution >= 0.6 is 15.9 Å². The van der Waals surface area contributed by atoms with Crippen molar-refractivity contribution in [1.29, 1.82) is 0 Å². The molecule has 0 radical (unpaired) electrons. The Hall–Kier alpha value is -1.40. The van der Waals surface area contributed by atoms with E-state index in [9.17, 15) is 9.59 Å². The van der Waals surface area contributed by atoms with Crippen LogP contribution in [0.25, 0.3) is 0 Å². The first-order valence-corrected chi connectivity index (χ1v) is 6.35. The lowest BCUT2D eigenvalue weighted by Gasteiger charge is -2.26. The van der Waals surface area contributed by atoms with E-state index in [4.69, 9.17) is 9.84 Å². The zero-order valence-electron chi connectivity index (χ0n) is 9.85. The van der Waals surface area contributed by atoms with E-state index in [1.807, 2.05) is 18.2 Å². The van der Waals surface area contributed by atoms with Gasteiger partial charge in [0.25, 0.3) is 0 Å². The summed E-state index contributed by atoms with van der Waals surface area (Å²) in [6.45, 7) is 0. The van der Waals surface area contributed by atoms with Gasteiger partial charge in [0.15, 0.2) is 0 Å². The number of amides is 1. The monoisotopic (exact) mass is 315 g/mol. The van der Waals surface area contributed by atoms with Crippen molar-refractivity contribution in [2.45, 2.75) is 12.1 Å². The van der Waals surface area contributed by atoms with Gasteiger partial charge in [0.1, 0.15) is 0 Å². The van der Waals surface area contributed by atoms with Crippen LogP contribution < -0.4 is 5.32 Å². The van der Waals surface area contributed by atoms with Gasteiger partial charge in [0.2, 0.25) is 11.6 Å². The van der Waals surface area contributed by atoms with Crippen LogP contribution in [0.3, 0.4) is 0 Å². The molecule has 0 bridgehead atoms. The number of nitrogens with one attached hydrogen (secondary N) is 1. The van der Waals surface area contributed by atoms with Crippen molar-refractivity contribution in [1.82, 2.24) is 5.32 Å². The molecule has 0 spiro atoms. The third-order valence-electron chi connectivity index (χ3n) is 2.43. The second-order valence-corrected chi connectivity index (χ2v) is 4.24. The third-order valence-corrected chi connectivity index (χ3v) is 3.22. The van der Waals surface area contributed by atoms with Gasteiger partial charge in [-0.1, -0.05) is 46.3 Å². The smallest absolute Gasteiger partial charge is 0.358 e. The Kier molecular flexibility index (Phi) is 5.30. The van der Waals surface area contributed by atoms with Crippen LogP contribution in [-0.4, -0.2) is 35.1 Å². The Balaban J connectivity index is 2.71. The summed E-state index contributed by atoms with van der Waals surface area (Å²) in [6, 6.07) is 9.06. The van der Waals surface area contributed by atoms with Crippen LogP contribution in [-0.2, 0) is 20.7 Å². The van der Waals surface area contributed by atoms with Crippen molar-refractivity contribution in [3.63, 3.8) is 0 Å². The minimum Gasteiger partial charge on any atom is -0.478 e. The van der Waals surface area contributed by atoms with E-state index >= 15 is 0 Å². The fourth-order valence-corrected chi connectivity index (χ4v) is 2.00. The lowest BCUT2D eigenvalue weighted by atomic mass is 10.1. The average molecular weight is 316 g/mol. The number of aliphatic carboxylic acids is 1. The number of rotatable bonds is 6. The summed E-state index contributed by atoms with van der Waals surface area (Å²) in [5.41, 5.74) is -0.925. The summed E-state index contributed by atoms with van der Waals surface area (Å²) in [6.07, 6.45) is 0.103. The molecule has 0 unspecified atom stereocenters. The molecule has 0 aliphatic heterocycles. The molecule has 0 heterocycles. The van der Waals surface area contributed by atoms with Crippen molar-refractivity contribution in [2.75, 3.05) is 12.4 Å². The molecule has 6 heteroatoms. The minimum atomic E-state index is -1.73. The quantitative estimate of drug-likeness (QED) is 0.610. The number of methoxy groups -OCH3 is 1. The van der Waals surface area contributed by atoms with Crippen molar-refractivity contribution in [2.24, 2.45) is 0 Å². The zero-order chi connectivity index (χ0) is 13.6. The standard InChI is InChI=1S/C12H14BrNO4/c1-18-12(8-13,11(16)17)14-10(15)7-9-5-3-2-4-6-9/h2-6H,7-8H2,1H3,(H,14,15)(H,16,17)/t12-/m1/s1. The van der Waals surface area contributed by atoms with E-state index < -0.39 is 17.6 Å². The van der Waals surface area contributed by atoms with Gasteiger partial charge < -0.3 is 15.2 Å². The van der Waals surface area contributed by atoms with Gasteiger partial charge >= 0.3 is 5.97 Å². The highest BCUT2D eigenvalue weighted by molar-refractivity contribution is 9.09. The van der Waals surface area contributed by atoms with E-state index in [2.05, 4.69) is 21.2 Å². The summed E-state index contributed by atoms with van der Waals surface area (Å²) in [5.74, 6) is -1.66. The largest absolute Gasteiger partial charge is 0.478 e.